The highest BCUT2D eigenvalue weighted by Crippen LogP contribution is 2.60. The van der Waals surface area contributed by atoms with Crippen LogP contribution < -0.4 is 63.3 Å². The lowest BCUT2D eigenvalue weighted by Crippen LogP contribution is -2.42. The van der Waals surface area contributed by atoms with Crippen molar-refractivity contribution in [2.45, 2.75) is 13.3 Å². The first-order valence-electron chi connectivity index (χ1n) is 40.3. The van der Waals surface area contributed by atoms with Crippen LogP contribution in [-0.4, -0.2) is 46.2 Å². The predicted octanol–water partition coefficient (Wildman–Crippen LogP) is 27.3. The molecule has 0 aliphatic rings. The van der Waals surface area contributed by atoms with Crippen LogP contribution in [0.4, 0.5) is 0 Å². The average molecular weight is 1900 g/mol. The van der Waals surface area contributed by atoms with Crippen molar-refractivity contribution in [3.8, 4) is 80.5 Å². The van der Waals surface area contributed by atoms with Gasteiger partial charge in [-0.1, -0.05) is 262 Å². The van der Waals surface area contributed by atoms with E-state index in [1.807, 2.05) is 0 Å². The Labute approximate surface area is 752 Å². The monoisotopic (exact) mass is 1890 g/mol. The van der Waals surface area contributed by atoms with Crippen LogP contribution in [0.1, 0.15) is 13.3 Å². The van der Waals surface area contributed by atoms with Crippen molar-refractivity contribution in [1.82, 2.24) is 0 Å². The van der Waals surface area contributed by atoms with Gasteiger partial charge in [-0.3, -0.25) is 31.7 Å². The van der Waals surface area contributed by atoms with Crippen LogP contribution >= 0.6 is 54.8 Å². The van der Waals surface area contributed by atoms with Crippen LogP contribution in [0.2, 0.25) is 0 Å². The zero-order chi connectivity index (χ0) is 90.6. The predicted molar refractivity (Wildman–Crippen MR) is 489 cm³/mol. The van der Waals surface area contributed by atoms with Crippen LogP contribution in [0.3, 0.4) is 0 Å². The molecule has 14 rings (SSSR count). The summed E-state index contributed by atoms with van der Waals surface area (Å²) in [5.74, 6) is 1.94. The Hall–Kier alpha value is -12.4. The van der Waals surface area contributed by atoms with Gasteiger partial charge >= 0.3 is 54.8 Å². The second-order valence-corrected chi connectivity index (χ2v) is 38.7. The highest BCUT2D eigenvalue weighted by Gasteiger charge is 2.49. The van der Waals surface area contributed by atoms with E-state index in [9.17, 15) is 13.7 Å². The molecule has 672 valence electrons. The summed E-state index contributed by atoms with van der Waals surface area (Å²) in [6.45, 7) is -3.20. The third kappa shape index (κ3) is 30.9. The summed E-state index contributed by atoms with van der Waals surface area (Å²) in [4.78, 5) is 0. The first-order chi connectivity index (χ1) is 63.1. The topological polar surface area (TPSA) is 313 Å². The second kappa shape index (κ2) is 46.7. The van der Waals surface area contributed by atoms with Crippen molar-refractivity contribution in [2.75, 3.05) is 46.2 Å². The van der Waals surface area contributed by atoms with Gasteiger partial charge in [-0.2, -0.15) is 0 Å². The Bertz CT molecular complexity index is 5070. The van der Waals surface area contributed by atoms with E-state index in [0.717, 1.165) is 0 Å². The molecule has 0 unspecified atom stereocenters. The summed E-state index contributed by atoms with van der Waals surface area (Å²) in [6.07, 6.45) is 0.136. The Morgan fingerprint density at radius 1 is 0.146 bits per heavy atom. The SMILES string of the molecule is CCC(COP(=O)(Oc1ccccc1)Oc1ccccc1)(COP(=O)(Oc1ccccc1)Oc1ccccc1)COP(=O)(Oc1ccccc1)Oc1ccccc1.O=P(OCC(COP(=O)(Oc1ccccc1)Oc1ccccc1)(COP(=O)(Oc1ccccc1)Oc1ccccc1)COP(=O)(Oc1ccccc1)Oc1ccccc1)(Oc1ccccc1)Oc1ccccc1. The highest BCUT2D eigenvalue weighted by molar-refractivity contribution is 7.51. The fourth-order valence-corrected chi connectivity index (χ4v) is 20.6. The van der Waals surface area contributed by atoms with Gasteiger partial charge in [-0.25, -0.2) is 32.0 Å². The molecule has 0 aliphatic carbocycles. The van der Waals surface area contributed by atoms with Gasteiger partial charge in [-0.05, 0) is 176 Å². The molecule has 0 fully saturated rings. The molecule has 0 bridgehead atoms. The summed E-state index contributed by atoms with van der Waals surface area (Å²) in [6, 6.07) is 115. The minimum atomic E-state index is -4.84. The summed E-state index contributed by atoms with van der Waals surface area (Å²) < 4.78 is 231. The molecule has 0 N–H and O–H groups in total. The quantitative estimate of drug-likeness (QED) is 0.0320. The van der Waals surface area contributed by atoms with Crippen molar-refractivity contribution in [2.24, 2.45) is 10.8 Å². The van der Waals surface area contributed by atoms with E-state index in [-0.39, 0.29) is 86.9 Å². The van der Waals surface area contributed by atoms with Crippen LogP contribution in [0.25, 0.3) is 0 Å². The van der Waals surface area contributed by atoms with Gasteiger partial charge in [0.15, 0.2) is 0 Å². The summed E-state index contributed by atoms with van der Waals surface area (Å²) >= 11 is 0. The molecule has 0 aromatic heterocycles. The zero-order valence-electron chi connectivity index (χ0n) is 69.6. The second-order valence-electron chi connectivity index (χ2n) is 28.1. The molecule has 0 aliphatic heterocycles. The Morgan fingerprint density at radius 3 is 0.315 bits per heavy atom. The molecule has 14 aromatic rings. The lowest BCUT2D eigenvalue weighted by atomic mass is 9.88. The minimum Gasteiger partial charge on any atom is -0.395 e. The minimum absolute atomic E-state index is 0.0854. The summed E-state index contributed by atoms with van der Waals surface area (Å²) in [5, 5.41) is 0. The Morgan fingerprint density at radius 2 is 0.231 bits per heavy atom. The number of hydrogen-bond acceptors (Lipinski definition) is 28. The van der Waals surface area contributed by atoms with Crippen molar-refractivity contribution in [3.05, 3.63) is 425 Å². The molecule has 0 spiro atoms. The number of hydrogen-bond donors (Lipinski definition) is 0. The summed E-state index contributed by atoms with van der Waals surface area (Å²) in [5.41, 5.74) is -3.56. The smallest absolute Gasteiger partial charge is 0.395 e. The van der Waals surface area contributed by atoms with Gasteiger partial charge in [0, 0.05) is 5.41 Å². The van der Waals surface area contributed by atoms with E-state index in [1.165, 1.54) is 97.1 Å². The first kappa shape index (κ1) is 95.2. The molecule has 28 nitrogen and oxygen atoms in total. The van der Waals surface area contributed by atoms with E-state index in [1.54, 1.807) is 335 Å². The van der Waals surface area contributed by atoms with Gasteiger partial charge < -0.3 is 63.3 Å². The molecule has 0 atom stereocenters. The molecule has 0 radical (unpaired) electrons. The van der Waals surface area contributed by atoms with E-state index >= 15 is 18.3 Å². The standard InChI is InChI=1S/C53H48O16P4.C42H41O12P3/c54-70(62-45-25-9-1-10-26-45,63-46-27-11-2-12-28-46)58-41-53(42-59-71(55,64-47-29-13-3-14-30-47)65-48-31-15-4-16-32-48,43-60-72(56,66-49-33-17-5-18-34-49)67-50-35-19-6-20-36-50)44-61-73(57,68-51-37-21-7-22-38-51)69-52-39-23-8-24-40-52;1-2-42(33-46-55(43,49-36-21-9-3-10-22-36)50-37-23-11-4-12-24-37,34-47-56(44,51-38-25-13-5-14-26-38)52-39-27-15-6-16-28-39)35-48-57(45,53-40-29-17-7-18-30-40)54-41-31-19-8-20-32-41/h1-40H,41-44H2;3-32H,2,33-35H2,1H3. The number of benzene rings is 14. The van der Waals surface area contributed by atoms with Crippen molar-refractivity contribution in [1.29, 1.82) is 0 Å². The zero-order valence-corrected chi connectivity index (χ0v) is 75.9. The van der Waals surface area contributed by atoms with Gasteiger partial charge in [0.1, 0.15) is 80.5 Å². The van der Waals surface area contributed by atoms with Crippen molar-refractivity contribution in [3.63, 3.8) is 0 Å². The maximum Gasteiger partial charge on any atom is 0.587 e. The summed E-state index contributed by atoms with van der Waals surface area (Å²) in [7, 11) is -32.9. The molecular weight excluding hydrogens is 1810 g/mol. The lowest BCUT2D eigenvalue weighted by Gasteiger charge is -2.35. The van der Waals surface area contributed by atoms with Crippen molar-refractivity contribution >= 4 is 54.8 Å². The number of phosphoric acid groups is 7. The first-order valence-corrected chi connectivity index (χ1v) is 50.5. The molecular formula is C95H89O28P7. The molecule has 35 heteroatoms. The molecule has 0 heterocycles. The third-order valence-corrected chi connectivity index (χ3v) is 27.1. The number of para-hydroxylation sites is 14. The average Bonchev–Trinajstić information content (AvgIpc) is 0.806. The van der Waals surface area contributed by atoms with Crippen LogP contribution in [0.15, 0.2) is 425 Å². The van der Waals surface area contributed by atoms with Gasteiger partial charge in [-0.15, -0.1) is 0 Å². The van der Waals surface area contributed by atoms with Gasteiger partial charge in [0.05, 0.1) is 51.7 Å². The largest absolute Gasteiger partial charge is 0.587 e. The molecule has 0 amide bonds. The third-order valence-electron chi connectivity index (χ3n) is 17.9. The Balaban J connectivity index is 0.000000229. The highest BCUT2D eigenvalue weighted by atomic mass is 31.2. The molecule has 14 aromatic carbocycles. The van der Waals surface area contributed by atoms with E-state index < -0.39 is 112 Å². The maximum atomic E-state index is 15.1. The van der Waals surface area contributed by atoms with E-state index in [4.69, 9.17) is 95.0 Å². The van der Waals surface area contributed by atoms with Crippen LogP contribution in [0, 0.1) is 10.8 Å². The van der Waals surface area contributed by atoms with Crippen LogP contribution in [-0.2, 0) is 63.6 Å². The van der Waals surface area contributed by atoms with Gasteiger partial charge in [0.25, 0.3) is 0 Å². The van der Waals surface area contributed by atoms with E-state index in [0.29, 0.717) is 0 Å². The molecule has 0 saturated carbocycles. The van der Waals surface area contributed by atoms with Gasteiger partial charge in [0.2, 0.25) is 0 Å². The fourth-order valence-electron chi connectivity index (χ4n) is 11.2. The lowest BCUT2D eigenvalue weighted by molar-refractivity contribution is -0.0248. The molecule has 130 heavy (non-hydrogen) atoms. The maximum absolute atomic E-state index is 15.1. The fraction of sp³-hybridized carbons (Fsp3) is 0.116. The number of rotatable bonds is 50. The Kier molecular flexibility index (Phi) is 34.2. The normalized spacial score (nSPS) is 11.9. The van der Waals surface area contributed by atoms with Crippen LogP contribution in [0.5, 0.6) is 80.5 Å². The molecule has 0 saturated heterocycles. The number of phosphoric ester groups is 7. The van der Waals surface area contributed by atoms with E-state index in [2.05, 4.69) is 0 Å². The van der Waals surface area contributed by atoms with Crippen molar-refractivity contribution < 1.29 is 127 Å².